The molecule has 0 aromatic carbocycles. The SMILES string of the molecule is C=CCOCC(=CC1CCCCO1)C(=O)O. The molecule has 1 heterocycles. The molecule has 0 amide bonds. The molecule has 4 heteroatoms. The summed E-state index contributed by atoms with van der Waals surface area (Å²) in [5, 5.41) is 8.97. The Labute approximate surface area is 95.6 Å². The van der Waals surface area contributed by atoms with E-state index in [2.05, 4.69) is 6.58 Å². The first kappa shape index (κ1) is 12.9. The van der Waals surface area contributed by atoms with E-state index in [1.165, 1.54) is 0 Å². The Bertz CT molecular complexity index is 264. The van der Waals surface area contributed by atoms with E-state index in [1.54, 1.807) is 12.2 Å². The molecule has 1 atom stereocenters. The van der Waals surface area contributed by atoms with Crippen molar-refractivity contribution in [1.29, 1.82) is 0 Å². The molecular formula is C12H18O4. The van der Waals surface area contributed by atoms with Crippen LogP contribution in [-0.4, -0.2) is 37.0 Å². The fraction of sp³-hybridized carbons (Fsp3) is 0.583. The Morgan fingerprint density at radius 1 is 1.56 bits per heavy atom. The van der Waals surface area contributed by atoms with E-state index in [9.17, 15) is 4.79 Å². The minimum Gasteiger partial charge on any atom is -0.478 e. The van der Waals surface area contributed by atoms with Crippen molar-refractivity contribution in [2.75, 3.05) is 19.8 Å². The van der Waals surface area contributed by atoms with E-state index in [0.717, 1.165) is 19.3 Å². The van der Waals surface area contributed by atoms with Crippen LogP contribution >= 0.6 is 0 Å². The van der Waals surface area contributed by atoms with E-state index < -0.39 is 5.97 Å². The molecule has 0 saturated carbocycles. The average Bonchev–Trinajstić information content (AvgIpc) is 2.29. The largest absolute Gasteiger partial charge is 0.478 e. The standard InChI is InChI=1S/C12H18O4/c1-2-6-15-9-10(12(13)14)8-11-5-3-4-7-16-11/h2,8,11H,1,3-7,9H2,(H,13,14). The van der Waals surface area contributed by atoms with Crippen molar-refractivity contribution >= 4 is 5.97 Å². The maximum absolute atomic E-state index is 10.9. The van der Waals surface area contributed by atoms with Gasteiger partial charge in [-0.15, -0.1) is 6.58 Å². The van der Waals surface area contributed by atoms with Gasteiger partial charge in [0.05, 0.1) is 24.9 Å². The molecule has 90 valence electrons. The Balaban J connectivity index is 2.49. The number of ether oxygens (including phenoxy) is 2. The Morgan fingerprint density at radius 3 is 2.94 bits per heavy atom. The van der Waals surface area contributed by atoms with Crippen LogP contribution in [0.1, 0.15) is 19.3 Å². The quantitative estimate of drug-likeness (QED) is 0.426. The van der Waals surface area contributed by atoms with Crippen LogP contribution in [0.2, 0.25) is 0 Å². The summed E-state index contributed by atoms with van der Waals surface area (Å²) in [5.74, 6) is -0.946. The lowest BCUT2D eigenvalue weighted by molar-refractivity contribution is -0.133. The van der Waals surface area contributed by atoms with Crippen LogP contribution in [0.3, 0.4) is 0 Å². The number of carbonyl (C=O) groups is 1. The summed E-state index contributed by atoms with van der Waals surface area (Å²) >= 11 is 0. The highest BCUT2D eigenvalue weighted by Gasteiger charge is 2.15. The number of hydrogen-bond acceptors (Lipinski definition) is 3. The molecule has 1 aliphatic rings. The maximum atomic E-state index is 10.9. The third kappa shape index (κ3) is 4.59. The minimum absolute atomic E-state index is 0.0767. The highest BCUT2D eigenvalue weighted by atomic mass is 16.5. The Hall–Kier alpha value is -1.13. The summed E-state index contributed by atoms with van der Waals surface area (Å²) in [6.45, 7) is 4.67. The molecule has 1 rings (SSSR count). The van der Waals surface area contributed by atoms with E-state index in [4.69, 9.17) is 14.6 Å². The summed E-state index contributed by atoms with van der Waals surface area (Å²) in [7, 11) is 0. The molecule has 0 aromatic rings. The smallest absolute Gasteiger partial charge is 0.333 e. The van der Waals surface area contributed by atoms with Gasteiger partial charge < -0.3 is 14.6 Å². The van der Waals surface area contributed by atoms with Gasteiger partial charge in [0.25, 0.3) is 0 Å². The summed E-state index contributed by atoms with van der Waals surface area (Å²) in [6, 6.07) is 0. The second kappa shape index (κ2) is 7.19. The van der Waals surface area contributed by atoms with Gasteiger partial charge in [0, 0.05) is 6.61 Å². The van der Waals surface area contributed by atoms with E-state index in [0.29, 0.717) is 13.2 Å². The second-order valence-electron chi connectivity index (χ2n) is 3.71. The second-order valence-corrected chi connectivity index (χ2v) is 3.71. The normalized spacial score (nSPS) is 21.8. The van der Waals surface area contributed by atoms with Gasteiger partial charge in [-0.2, -0.15) is 0 Å². The van der Waals surface area contributed by atoms with Crippen molar-refractivity contribution in [1.82, 2.24) is 0 Å². The van der Waals surface area contributed by atoms with Crippen LogP contribution < -0.4 is 0 Å². The molecule has 1 saturated heterocycles. The molecule has 1 unspecified atom stereocenters. The van der Waals surface area contributed by atoms with Crippen LogP contribution in [0.4, 0.5) is 0 Å². The first-order valence-electron chi connectivity index (χ1n) is 5.48. The summed E-state index contributed by atoms with van der Waals surface area (Å²) < 4.78 is 10.6. The fourth-order valence-corrected chi connectivity index (χ4v) is 1.55. The zero-order chi connectivity index (χ0) is 11.8. The van der Waals surface area contributed by atoms with Gasteiger partial charge in [-0.1, -0.05) is 6.08 Å². The predicted octanol–water partition coefficient (Wildman–Crippen LogP) is 1.77. The van der Waals surface area contributed by atoms with Gasteiger partial charge >= 0.3 is 5.97 Å². The first-order valence-corrected chi connectivity index (χ1v) is 5.48. The molecule has 0 bridgehead atoms. The molecule has 1 aliphatic heterocycles. The third-order valence-electron chi connectivity index (χ3n) is 2.37. The van der Waals surface area contributed by atoms with Gasteiger partial charge in [0.2, 0.25) is 0 Å². The topological polar surface area (TPSA) is 55.8 Å². The number of carboxylic acids is 1. The zero-order valence-corrected chi connectivity index (χ0v) is 9.35. The Morgan fingerprint density at radius 2 is 2.38 bits per heavy atom. The lowest BCUT2D eigenvalue weighted by Gasteiger charge is -2.20. The molecule has 16 heavy (non-hydrogen) atoms. The molecular weight excluding hydrogens is 208 g/mol. The van der Waals surface area contributed by atoms with Crippen molar-refractivity contribution in [3.63, 3.8) is 0 Å². The third-order valence-corrected chi connectivity index (χ3v) is 2.37. The van der Waals surface area contributed by atoms with Crippen molar-refractivity contribution in [2.24, 2.45) is 0 Å². The fourth-order valence-electron chi connectivity index (χ4n) is 1.55. The van der Waals surface area contributed by atoms with Crippen LogP contribution in [0.25, 0.3) is 0 Å². The van der Waals surface area contributed by atoms with Crippen molar-refractivity contribution in [3.05, 3.63) is 24.3 Å². The van der Waals surface area contributed by atoms with Gasteiger partial charge in [-0.3, -0.25) is 0 Å². The summed E-state index contributed by atoms with van der Waals surface area (Å²) in [4.78, 5) is 10.9. The molecule has 1 fully saturated rings. The minimum atomic E-state index is -0.946. The predicted molar refractivity (Wildman–Crippen MR) is 60.3 cm³/mol. The van der Waals surface area contributed by atoms with Gasteiger partial charge in [0.15, 0.2) is 0 Å². The van der Waals surface area contributed by atoms with Gasteiger partial charge in [-0.25, -0.2) is 4.79 Å². The molecule has 0 radical (unpaired) electrons. The number of carboxylic acid groups (broad SMARTS) is 1. The van der Waals surface area contributed by atoms with Crippen molar-refractivity contribution < 1.29 is 19.4 Å². The van der Waals surface area contributed by atoms with E-state index in [1.807, 2.05) is 0 Å². The van der Waals surface area contributed by atoms with Crippen LogP contribution in [0.5, 0.6) is 0 Å². The number of aliphatic carboxylic acids is 1. The van der Waals surface area contributed by atoms with E-state index >= 15 is 0 Å². The Kier molecular flexibility index (Phi) is 5.82. The average molecular weight is 226 g/mol. The monoisotopic (exact) mass is 226 g/mol. The molecule has 1 N–H and O–H groups in total. The maximum Gasteiger partial charge on any atom is 0.333 e. The van der Waals surface area contributed by atoms with Crippen LogP contribution in [0.15, 0.2) is 24.3 Å². The highest BCUT2D eigenvalue weighted by Crippen LogP contribution is 2.15. The summed E-state index contributed by atoms with van der Waals surface area (Å²) in [6.07, 6.45) is 6.20. The van der Waals surface area contributed by atoms with Crippen LogP contribution in [0, 0.1) is 0 Å². The van der Waals surface area contributed by atoms with Crippen molar-refractivity contribution in [3.8, 4) is 0 Å². The zero-order valence-electron chi connectivity index (χ0n) is 9.35. The lowest BCUT2D eigenvalue weighted by Crippen LogP contribution is -2.19. The first-order chi connectivity index (χ1) is 7.74. The lowest BCUT2D eigenvalue weighted by atomic mass is 10.1. The van der Waals surface area contributed by atoms with Gasteiger partial charge in [-0.05, 0) is 25.3 Å². The summed E-state index contributed by atoms with van der Waals surface area (Å²) in [5.41, 5.74) is 0.258. The number of hydrogen-bond donors (Lipinski definition) is 1. The molecule has 0 spiro atoms. The molecule has 0 aliphatic carbocycles. The number of rotatable bonds is 6. The van der Waals surface area contributed by atoms with Gasteiger partial charge in [0.1, 0.15) is 0 Å². The van der Waals surface area contributed by atoms with Crippen LogP contribution in [-0.2, 0) is 14.3 Å². The van der Waals surface area contributed by atoms with Crippen molar-refractivity contribution in [2.45, 2.75) is 25.4 Å². The highest BCUT2D eigenvalue weighted by molar-refractivity contribution is 5.86. The molecule has 0 aromatic heterocycles. The molecule has 4 nitrogen and oxygen atoms in total. The van der Waals surface area contributed by atoms with E-state index in [-0.39, 0.29) is 18.3 Å².